The second kappa shape index (κ2) is 7.45. The summed E-state index contributed by atoms with van der Waals surface area (Å²) in [5.74, 6) is -0.312. The fraction of sp³-hybridized carbons (Fsp3) is 0.190. The Kier molecular flexibility index (Phi) is 5.10. The van der Waals surface area contributed by atoms with Crippen molar-refractivity contribution < 1.29 is 14.1 Å². The summed E-state index contributed by atoms with van der Waals surface area (Å²) in [4.78, 5) is 13.5. The molecule has 4 heteroatoms. The van der Waals surface area contributed by atoms with Crippen LogP contribution in [0, 0.1) is 5.82 Å². The summed E-state index contributed by atoms with van der Waals surface area (Å²) in [6, 6.07) is 20.3. The van der Waals surface area contributed by atoms with Gasteiger partial charge in [-0.05, 0) is 35.9 Å². The maximum Gasteiger partial charge on any atom is 0.282 e. The van der Waals surface area contributed by atoms with Crippen LogP contribution >= 0.6 is 0 Å². The number of hydrogen-bond donors (Lipinski definition) is 2. The van der Waals surface area contributed by atoms with E-state index in [0.717, 1.165) is 21.4 Å². The number of amides is 1. The molecule has 3 aromatic carbocycles. The predicted molar refractivity (Wildman–Crippen MR) is 99.0 cm³/mol. The molecule has 3 nitrogen and oxygen atoms in total. The Balaban J connectivity index is 1.67. The van der Waals surface area contributed by atoms with Gasteiger partial charge in [0.2, 0.25) is 0 Å². The van der Waals surface area contributed by atoms with Crippen LogP contribution in [0.15, 0.2) is 66.7 Å². The average Bonchev–Trinajstić information content (AvgIpc) is 2.62. The molecule has 0 heterocycles. The van der Waals surface area contributed by atoms with Gasteiger partial charge in [-0.2, -0.15) is 0 Å². The molecule has 0 saturated heterocycles. The van der Waals surface area contributed by atoms with Crippen LogP contribution in [0.1, 0.15) is 12.5 Å². The molecule has 0 aromatic heterocycles. The number of hydrogen-bond acceptors (Lipinski definition) is 1. The van der Waals surface area contributed by atoms with Gasteiger partial charge >= 0.3 is 0 Å². The monoisotopic (exact) mass is 337 g/mol. The second-order valence-electron chi connectivity index (χ2n) is 6.39. The zero-order valence-corrected chi connectivity index (χ0v) is 14.4. The highest BCUT2D eigenvalue weighted by molar-refractivity contribution is 5.96. The van der Waals surface area contributed by atoms with Gasteiger partial charge in [-0.1, -0.05) is 48.5 Å². The number of halogens is 1. The van der Waals surface area contributed by atoms with E-state index >= 15 is 0 Å². The lowest BCUT2D eigenvalue weighted by Gasteiger charge is -2.21. The van der Waals surface area contributed by atoms with Crippen LogP contribution < -0.4 is 10.2 Å². The first-order valence-electron chi connectivity index (χ1n) is 8.40. The maximum atomic E-state index is 13.8. The predicted octanol–water partition coefficient (Wildman–Crippen LogP) is 3.02. The minimum atomic E-state index is -0.300. The van der Waals surface area contributed by atoms with Crippen molar-refractivity contribution in [1.82, 2.24) is 0 Å². The van der Waals surface area contributed by atoms with Crippen molar-refractivity contribution in [2.45, 2.75) is 19.5 Å². The number of rotatable bonds is 5. The normalized spacial score (nSPS) is 13.4. The molecule has 0 aliphatic rings. The molecule has 1 unspecified atom stereocenters. The lowest BCUT2D eigenvalue weighted by molar-refractivity contribution is -0.908. The molecule has 2 atom stereocenters. The number of fused-ring (bicyclic) bond motifs is 1. The van der Waals surface area contributed by atoms with Crippen LogP contribution in [0.4, 0.5) is 10.1 Å². The van der Waals surface area contributed by atoms with Crippen LogP contribution in [-0.2, 0) is 11.3 Å². The Morgan fingerprint density at radius 3 is 2.48 bits per heavy atom. The van der Waals surface area contributed by atoms with Crippen molar-refractivity contribution in [2.75, 3.05) is 12.4 Å². The third-order valence-corrected chi connectivity index (χ3v) is 4.58. The fourth-order valence-electron chi connectivity index (χ4n) is 2.84. The molecule has 0 spiro atoms. The molecule has 0 aliphatic heterocycles. The minimum Gasteiger partial charge on any atom is -0.324 e. The van der Waals surface area contributed by atoms with Crippen molar-refractivity contribution in [3.63, 3.8) is 0 Å². The van der Waals surface area contributed by atoms with E-state index in [0.29, 0.717) is 12.1 Å². The molecule has 2 N–H and O–H groups in total. The molecule has 0 radical (unpaired) electrons. The Labute approximate surface area is 147 Å². The first-order chi connectivity index (χ1) is 12.0. The van der Waals surface area contributed by atoms with Crippen LogP contribution in [0.2, 0.25) is 0 Å². The Bertz CT molecular complexity index is 894. The molecule has 0 bridgehead atoms. The number of anilines is 1. The van der Waals surface area contributed by atoms with E-state index in [1.54, 1.807) is 12.1 Å². The van der Waals surface area contributed by atoms with Crippen molar-refractivity contribution in [3.8, 4) is 0 Å². The quantitative estimate of drug-likeness (QED) is 0.737. The SMILES string of the molecule is C[C@H](C(=O)Nc1ccc2ccccc2c1)[NH+](C)Cc1ccccc1F. The molecular formula is C21H22FN2O+. The first kappa shape index (κ1) is 17.1. The topological polar surface area (TPSA) is 33.5 Å². The fourth-order valence-corrected chi connectivity index (χ4v) is 2.84. The highest BCUT2D eigenvalue weighted by Crippen LogP contribution is 2.18. The number of likely N-dealkylation sites (N-methyl/N-ethyl adjacent to an activating group) is 1. The number of quaternary nitrogens is 1. The third-order valence-electron chi connectivity index (χ3n) is 4.58. The van der Waals surface area contributed by atoms with Gasteiger partial charge < -0.3 is 10.2 Å². The molecule has 0 fully saturated rings. The smallest absolute Gasteiger partial charge is 0.282 e. The van der Waals surface area contributed by atoms with Gasteiger partial charge in [-0.15, -0.1) is 0 Å². The number of carbonyl (C=O) groups excluding carboxylic acids is 1. The van der Waals surface area contributed by atoms with E-state index in [1.165, 1.54) is 6.07 Å². The highest BCUT2D eigenvalue weighted by Gasteiger charge is 2.23. The standard InChI is InChI=1S/C21H21FN2O/c1-15(24(2)14-18-9-5-6-10-20(18)22)21(25)23-19-12-11-16-7-3-4-8-17(16)13-19/h3-13,15H,14H2,1-2H3,(H,23,25)/p+1/t15-/m1/s1. The molecule has 1 amide bonds. The maximum absolute atomic E-state index is 13.8. The Hall–Kier alpha value is -2.72. The summed E-state index contributed by atoms with van der Waals surface area (Å²) in [6.45, 7) is 2.31. The minimum absolute atomic E-state index is 0.0795. The number of benzene rings is 3. The van der Waals surface area contributed by atoms with Gasteiger partial charge in [0, 0.05) is 11.3 Å². The number of nitrogens with one attached hydrogen (secondary N) is 2. The van der Waals surface area contributed by atoms with E-state index in [4.69, 9.17) is 0 Å². The Morgan fingerprint density at radius 1 is 1.04 bits per heavy atom. The second-order valence-corrected chi connectivity index (χ2v) is 6.39. The lowest BCUT2D eigenvalue weighted by atomic mass is 10.1. The summed E-state index contributed by atoms with van der Waals surface area (Å²) in [5.41, 5.74) is 1.39. The van der Waals surface area contributed by atoms with E-state index in [-0.39, 0.29) is 17.8 Å². The lowest BCUT2D eigenvalue weighted by Crippen LogP contribution is -3.12. The molecule has 0 aliphatic carbocycles. The van der Waals surface area contributed by atoms with Gasteiger partial charge in [0.1, 0.15) is 12.4 Å². The summed E-state index contributed by atoms with van der Waals surface area (Å²) in [5, 5.41) is 5.18. The highest BCUT2D eigenvalue weighted by atomic mass is 19.1. The van der Waals surface area contributed by atoms with E-state index < -0.39 is 0 Å². The summed E-state index contributed by atoms with van der Waals surface area (Å²) >= 11 is 0. The van der Waals surface area contributed by atoms with Crippen LogP contribution in [0.25, 0.3) is 10.8 Å². The first-order valence-corrected chi connectivity index (χ1v) is 8.40. The average molecular weight is 337 g/mol. The molecule has 0 saturated carbocycles. The van der Waals surface area contributed by atoms with Crippen molar-refractivity contribution in [3.05, 3.63) is 78.1 Å². The van der Waals surface area contributed by atoms with Crippen LogP contribution in [-0.4, -0.2) is 19.0 Å². The summed E-state index contributed by atoms with van der Waals surface area (Å²) in [7, 11) is 1.90. The largest absolute Gasteiger partial charge is 0.324 e. The zero-order valence-electron chi connectivity index (χ0n) is 14.4. The van der Waals surface area contributed by atoms with Crippen molar-refractivity contribution in [1.29, 1.82) is 0 Å². The van der Waals surface area contributed by atoms with Gasteiger partial charge in [0.25, 0.3) is 5.91 Å². The summed E-state index contributed by atoms with van der Waals surface area (Å²) in [6.07, 6.45) is 0. The molecular weight excluding hydrogens is 315 g/mol. The third kappa shape index (κ3) is 4.03. The van der Waals surface area contributed by atoms with E-state index in [9.17, 15) is 9.18 Å². The van der Waals surface area contributed by atoms with Crippen LogP contribution in [0.5, 0.6) is 0 Å². The van der Waals surface area contributed by atoms with Gasteiger partial charge in [0.05, 0.1) is 7.05 Å². The van der Waals surface area contributed by atoms with Crippen molar-refractivity contribution in [2.24, 2.45) is 0 Å². The van der Waals surface area contributed by atoms with E-state index in [2.05, 4.69) is 5.32 Å². The zero-order chi connectivity index (χ0) is 17.8. The number of carbonyl (C=O) groups is 1. The Morgan fingerprint density at radius 2 is 1.72 bits per heavy atom. The van der Waals surface area contributed by atoms with Gasteiger partial charge in [-0.25, -0.2) is 4.39 Å². The molecule has 3 rings (SSSR count). The van der Waals surface area contributed by atoms with Gasteiger partial charge in [0.15, 0.2) is 6.04 Å². The van der Waals surface area contributed by atoms with Crippen LogP contribution in [0.3, 0.4) is 0 Å². The van der Waals surface area contributed by atoms with Crippen molar-refractivity contribution >= 4 is 22.4 Å². The molecule has 3 aromatic rings. The molecule has 25 heavy (non-hydrogen) atoms. The van der Waals surface area contributed by atoms with E-state index in [1.807, 2.05) is 62.5 Å². The summed E-state index contributed by atoms with van der Waals surface area (Å²) < 4.78 is 13.8. The molecule has 128 valence electrons. The van der Waals surface area contributed by atoms with Gasteiger partial charge in [-0.3, -0.25) is 4.79 Å².